The van der Waals surface area contributed by atoms with Gasteiger partial charge in [-0.15, -0.1) is 0 Å². The summed E-state index contributed by atoms with van der Waals surface area (Å²) in [6, 6.07) is 5.11. The summed E-state index contributed by atoms with van der Waals surface area (Å²) in [4.78, 5) is 47.3. The number of nitrogens with one attached hydrogen (secondary N) is 2. The highest BCUT2D eigenvalue weighted by atomic mass is 35.5. The molecule has 206 valence electrons. The monoisotopic (exact) mass is 564 g/mol. The zero-order valence-electron chi connectivity index (χ0n) is 22.1. The number of esters is 1. The van der Waals surface area contributed by atoms with E-state index in [1.807, 2.05) is 27.7 Å². The minimum absolute atomic E-state index is 0.240. The Hall–Kier alpha value is -3.25. The molecular formula is C25H33ClN6O5S. The molecule has 2 heterocycles. The number of hydrogen-bond donors (Lipinski definition) is 3. The van der Waals surface area contributed by atoms with E-state index < -0.39 is 30.0 Å². The summed E-state index contributed by atoms with van der Waals surface area (Å²) >= 11 is 7.70. The number of nitrogen functional groups attached to an aromatic ring is 1. The topological polar surface area (TPSA) is 149 Å². The molecule has 1 aromatic heterocycles. The lowest BCUT2D eigenvalue weighted by Gasteiger charge is -2.40. The number of halogens is 1. The third-order valence-corrected chi connectivity index (χ3v) is 7.31. The first kappa shape index (κ1) is 29.3. The lowest BCUT2D eigenvalue weighted by Crippen LogP contribution is -2.54. The highest BCUT2D eigenvalue weighted by molar-refractivity contribution is 7.99. The molecular weight excluding hydrogens is 532 g/mol. The number of carbonyl (C=O) groups excluding carboxylic acids is 3. The fourth-order valence-corrected chi connectivity index (χ4v) is 4.80. The van der Waals surface area contributed by atoms with Crippen molar-refractivity contribution in [3.8, 4) is 0 Å². The molecule has 3 rings (SSSR count). The van der Waals surface area contributed by atoms with Crippen LogP contribution >= 0.6 is 23.4 Å². The first-order chi connectivity index (χ1) is 17.8. The molecule has 38 heavy (non-hydrogen) atoms. The molecule has 0 unspecified atom stereocenters. The van der Waals surface area contributed by atoms with Crippen molar-refractivity contribution in [2.24, 2.45) is 0 Å². The van der Waals surface area contributed by atoms with Crippen LogP contribution in [0.4, 0.5) is 22.1 Å². The number of aromatic nitrogens is 2. The van der Waals surface area contributed by atoms with Gasteiger partial charge in [0.05, 0.1) is 24.0 Å². The van der Waals surface area contributed by atoms with Gasteiger partial charge in [0, 0.05) is 23.5 Å². The number of hydrogen-bond acceptors (Lipinski definition) is 10. The number of methoxy groups -OCH3 is 1. The van der Waals surface area contributed by atoms with E-state index in [1.54, 1.807) is 24.4 Å². The summed E-state index contributed by atoms with van der Waals surface area (Å²) in [5, 5.41) is 6.34. The lowest BCUT2D eigenvalue weighted by atomic mass is 9.90. The Morgan fingerprint density at radius 2 is 1.92 bits per heavy atom. The van der Waals surface area contributed by atoms with E-state index >= 15 is 0 Å². The smallest absolute Gasteiger partial charge is 0.408 e. The number of anilines is 3. The Bertz CT molecular complexity index is 1200. The molecule has 0 aliphatic carbocycles. The van der Waals surface area contributed by atoms with E-state index in [0.29, 0.717) is 47.4 Å². The zero-order chi connectivity index (χ0) is 28.1. The molecule has 4 N–H and O–H groups in total. The van der Waals surface area contributed by atoms with Crippen molar-refractivity contribution in [1.82, 2.24) is 15.3 Å². The average Bonchev–Trinajstić information content (AvgIpc) is 2.81. The number of nitrogens with two attached hydrogens (primary N) is 1. The number of carbonyl (C=O) groups is 3. The van der Waals surface area contributed by atoms with E-state index in [4.69, 9.17) is 22.1 Å². The summed E-state index contributed by atoms with van der Waals surface area (Å²) in [5.74, 6) is -0.307. The molecule has 0 saturated carbocycles. The van der Waals surface area contributed by atoms with Crippen LogP contribution in [0.3, 0.4) is 0 Å². The molecule has 1 saturated heterocycles. The third-order valence-electron chi connectivity index (χ3n) is 5.72. The van der Waals surface area contributed by atoms with Crippen molar-refractivity contribution in [3.63, 3.8) is 0 Å². The maximum atomic E-state index is 12.2. The van der Waals surface area contributed by atoms with E-state index in [-0.39, 0.29) is 16.4 Å². The number of piperidine rings is 1. The maximum Gasteiger partial charge on any atom is 0.408 e. The van der Waals surface area contributed by atoms with Crippen LogP contribution < -0.4 is 21.3 Å². The zero-order valence-corrected chi connectivity index (χ0v) is 23.7. The van der Waals surface area contributed by atoms with Gasteiger partial charge in [-0.1, -0.05) is 29.4 Å². The second kappa shape index (κ2) is 12.1. The van der Waals surface area contributed by atoms with Crippen molar-refractivity contribution >= 4 is 58.7 Å². The first-order valence-electron chi connectivity index (χ1n) is 12.0. The molecule has 0 spiro atoms. The molecule has 0 radical (unpaired) electrons. The van der Waals surface area contributed by atoms with E-state index in [2.05, 4.69) is 30.2 Å². The molecule has 1 fully saturated rings. The van der Waals surface area contributed by atoms with Crippen LogP contribution in [-0.4, -0.2) is 59.3 Å². The van der Waals surface area contributed by atoms with Crippen molar-refractivity contribution in [3.05, 3.63) is 29.4 Å². The van der Waals surface area contributed by atoms with Crippen LogP contribution in [0, 0.1) is 0 Å². The molecule has 0 atom stereocenters. The van der Waals surface area contributed by atoms with Gasteiger partial charge in [-0.3, -0.25) is 9.59 Å². The van der Waals surface area contributed by atoms with Gasteiger partial charge in [0.25, 0.3) is 0 Å². The number of alkyl carbamates (subject to hydrolysis) is 1. The lowest BCUT2D eigenvalue weighted by molar-refractivity contribution is -0.142. The van der Waals surface area contributed by atoms with Gasteiger partial charge in [-0.2, -0.15) is 0 Å². The third kappa shape index (κ3) is 8.12. The summed E-state index contributed by atoms with van der Waals surface area (Å²) < 4.78 is 9.90. The van der Waals surface area contributed by atoms with Crippen LogP contribution in [0.25, 0.3) is 0 Å². The van der Waals surface area contributed by atoms with Gasteiger partial charge in [0.2, 0.25) is 5.91 Å². The summed E-state index contributed by atoms with van der Waals surface area (Å²) in [7, 11) is 1.21. The molecule has 2 aromatic rings. The van der Waals surface area contributed by atoms with Crippen LogP contribution in [0.1, 0.15) is 47.0 Å². The minimum atomic E-state index is -0.648. The maximum absolute atomic E-state index is 12.2. The van der Waals surface area contributed by atoms with Crippen LogP contribution in [0.5, 0.6) is 0 Å². The van der Waals surface area contributed by atoms with Crippen molar-refractivity contribution in [2.75, 3.05) is 36.1 Å². The first-order valence-corrected chi connectivity index (χ1v) is 13.2. The number of ether oxygens (including phenoxy) is 2. The van der Waals surface area contributed by atoms with E-state index in [9.17, 15) is 14.4 Å². The van der Waals surface area contributed by atoms with Crippen molar-refractivity contribution in [2.45, 2.75) is 68.0 Å². The molecule has 11 nitrogen and oxygen atoms in total. The predicted molar refractivity (Wildman–Crippen MR) is 147 cm³/mol. The van der Waals surface area contributed by atoms with Gasteiger partial charge in [0.15, 0.2) is 5.82 Å². The Morgan fingerprint density at radius 1 is 1.24 bits per heavy atom. The standard InChI is InChI=1S/C25H33ClN6O5S/c1-24(2,3)37-23(35)31-25(4)9-11-32(12-10-25)17-14-28-22(21(27)30-17)38-16-8-6-7-15(20(16)26)29-18(33)13-19(34)36-5/h6-8,14H,9-13H2,1-5H3,(H2,27,30)(H,29,33)(H,31,35). The molecule has 2 amide bonds. The van der Waals surface area contributed by atoms with Crippen molar-refractivity contribution < 1.29 is 23.9 Å². The fourth-order valence-electron chi connectivity index (χ4n) is 3.71. The fraction of sp³-hybridized carbons (Fsp3) is 0.480. The Balaban J connectivity index is 1.63. The van der Waals surface area contributed by atoms with Crippen LogP contribution in [0.2, 0.25) is 5.02 Å². The number of amides is 2. The highest BCUT2D eigenvalue weighted by Gasteiger charge is 2.33. The van der Waals surface area contributed by atoms with Gasteiger partial charge < -0.3 is 30.7 Å². The summed E-state index contributed by atoms with van der Waals surface area (Å²) in [5.41, 5.74) is 5.64. The minimum Gasteiger partial charge on any atom is -0.469 e. The molecule has 13 heteroatoms. The van der Waals surface area contributed by atoms with Crippen LogP contribution in [0.15, 0.2) is 34.3 Å². The van der Waals surface area contributed by atoms with Gasteiger partial charge in [-0.25, -0.2) is 14.8 Å². The van der Waals surface area contributed by atoms with Gasteiger partial charge >= 0.3 is 12.1 Å². The quantitative estimate of drug-likeness (QED) is 0.329. The highest BCUT2D eigenvalue weighted by Crippen LogP contribution is 2.38. The molecule has 1 aliphatic heterocycles. The molecule has 0 bridgehead atoms. The van der Waals surface area contributed by atoms with E-state index in [0.717, 1.165) is 0 Å². The van der Waals surface area contributed by atoms with Crippen LogP contribution in [-0.2, 0) is 19.1 Å². The second-order valence-electron chi connectivity index (χ2n) is 10.1. The SMILES string of the molecule is COC(=O)CC(=O)Nc1cccc(Sc2ncc(N3CCC(C)(NC(=O)OC(C)(C)C)CC3)nc2N)c1Cl. The Morgan fingerprint density at radius 3 is 2.53 bits per heavy atom. The van der Waals surface area contributed by atoms with E-state index in [1.165, 1.54) is 18.9 Å². The number of nitrogens with zero attached hydrogens (tertiary/aromatic N) is 3. The second-order valence-corrected chi connectivity index (χ2v) is 11.5. The summed E-state index contributed by atoms with van der Waals surface area (Å²) in [6.45, 7) is 8.82. The van der Waals surface area contributed by atoms with Gasteiger partial charge in [0.1, 0.15) is 22.9 Å². The largest absolute Gasteiger partial charge is 0.469 e. The van der Waals surface area contributed by atoms with Crippen molar-refractivity contribution in [1.29, 1.82) is 0 Å². The van der Waals surface area contributed by atoms with Gasteiger partial charge in [-0.05, 0) is 52.7 Å². The Labute approximate surface area is 231 Å². The predicted octanol–water partition coefficient (Wildman–Crippen LogP) is 4.25. The molecule has 1 aliphatic rings. The molecule has 1 aromatic carbocycles. The normalized spacial score (nSPS) is 14.9. The number of benzene rings is 1. The summed E-state index contributed by atoms with van der Waals surface area (Å²) in [6.07, 6.45) is 2.21. The number of rotatable bonds is 7. The average molecular weight is 565 g/mol. The Kier molecular flexibility index (Phi) is 9.31.